The minimum Gasteiger partial charge on any atom is -0.444 e. The SMILES string of the molecule is Cc1ccc([C@H]2C3CCC(=O)N3CCN2C(=O)OC(C)(C)C)c(C)c1. The molecule has 0 bridgehead atoms. The highest BCUT2D eigenvalue weighted by molar-refractivity contribution is 5.80. The Morgan fingerprint density at radius 1 is 1.20 bits per heavy atom. The highest BCUT2D eigenvalue weighted by atomic mass is 16.6. The van der Waals surface area contributed by atoms with E-state index in [9.17, 15) is 9.59 Å². The van der Waals surface area contributed by atoms with Gasteiger partial charge in [0.2, 0.25) is 5.91 Å². The van der Waals surface area contributed by atoms with E-state index in [0.717, 1.165) is 17.5 Å². The van der Waals surface area contributed by atoms with Crippen LogP contribution in [0.3, 0.4) is 0 Å². The summed E-state index contributed by atoms with van der Waals surface area (Å²) in [6, 6.07) is 6.20. The molecular weight excluding hydrogens is 316 g/mol. The molecule has 2 amide bonds. The van der Waals surface area contributed by atoms with E-state index in [1.165, 1.54) is 5.56 Å². The van der Waals surface area contributed by atoms with Crippen LogP contribution < -0.4 is 0 Å². The van der Waals surface area contributed by atoms with Gasteiger partial charge in [0.1, 0.15) is 5.60 Å². The first-order valence-electron chi connectivity index (χ1n) is 9.03. The fraction of sp³-hybridized carbons (Fsp3) is 0.600. The first kappa shape index (κ1) is 17.8. The number of ether oxygens (including phenoxy) is 1. The molecule has 0 aliphatic carbocycles. The molecule has 2 heterocycles. The van der Waals surface area contributed by atoms with Crippen LogP contribution in [-0.2, 0) is 9.53 Å². The van der Waals surface area contributed by atoms with Crippen LogP contribution in [0, 0.1) is 13.8 Å². The summed E-state index contributed by atoms with van der Waals surface area (Å²) in [5.74, 6) is 0.198. The van der Waals surface area contributed by atoms with Crippen molar-refractivity contribution >= 4 is 12.0 Å². The number of nitrogens with zero attached hydrogens (tertiary/aromatic N) is 2. The number of fused-ring (bicyclic) bond motifs is 1. The molecule has 5 heteroatoms. The van der Waals surface area contributed by atoms with Gasteiger partial charge in [-0.1, -0.05) is 23.8 Å². The molecule has 2 aliphatic rings. The lowest BCUT2D eigenvalue weighted by molar-refractivity contribution is -0.132. The largest absolute Gasteiger partial charge is 0.444 e. The molecule has 2 aliphatic heterocycles. The van der Waals surface area contributed by atoms with E-state index in [-0.39, 0.29) is 24.1 Å². The van der Waals surface area contributed by atoms with Crippen molar-refractivity contribution in [3.05, 3.63) is 34.9 Å². The third kappa shape index (κ3) is 3.51. The minimum absolute atomic E-state index is 0.0372. The van der Waals surface area contributed by atoms with Gasteiger partial charge < -0.3 is 9.64 Å². The van der Waals surface area contributed by atoms with Gasteiger partial charge in [0, 0.05) is 19.5 Å². The summed E-state index contributed by atoms with van der Waals surface area (Å²) in [6.45, 7) is 10.9. The van der Waals surface area contributed by atoms with Crippen molar-refractivity contribution in [2.75, 3.05) is 13.1 Å². The van der Waals surface area contributed by atoms with E-state index in [4.69, 9.17) is 4.74 Å². The zero-order valence-corrected chi connectivity index (χ0v) is 15.8. The van der Waals surface area contributed by atoms with E-state index >= 15 is 0 Å². The van der Waals surface area contributed by atoms with E-state index in [0.29, 0.717) is 19.5 Å². The summed E-state index contributed by atoms with van der Waals surface area (Å²) in [5.41, 5.74) is 2.92. The maximum absolute atomic E-state index is 12.8. The Balaban J connectivity index is 1.99. The lowest BCUT2D eigenvalue weighted by Crippen LogP contribution is -2.56. The summed E-state index contributed by atoms with van der Waals surface area (Å²) >= 11 is 0. The standard InChI is InChI=1S/C20H28N2O3/c1-13-6-7-15(14(2)12-13)18-16-8-9-17(23)21(16)10-11-22(18)19(24)25-20(3,4)5/h6-7,12,16,18H,8-11H2,1-5H3/t16?,18-/m0/s1. The molecule has 25 heavy (non-hydrogen) atoms. The predicted octanol–water partition coefficient (Wildman–Crippen LogP) is 3.59. The van der Waals surface area contributed by atoms with Crippen LogP contribution in [0.5, 0.6) is 0 Å². The van der Waals surface area contributed by atoms with Crippen molar-refractivity contribution in [2.45, 2.75) is 65.1 Å². The molecule has 0 spiro atoms. The Morgan fingerprint density at radius 3 is 2.56 bits per heavy atom. The fourth-order valence-corrected chi connectivity index (χ4v) is 3.99. The van der Waals surface area contributed by atoms with Crippen LogP contribution in [-0.4, -0.2) is 46.5 Å². The van der Waals surface area contributed by atoms with Gasteiger partial charge in [0.15, 0.2) is 0 Å². The number of rotatable bonds is 1. The average Bonchev–Trinajstić information content (AvgIpc) is 2.87. The molecule has 0 radical (unpaired) electrons. The highest BCUT2D eigenvalue weighted by Crippen LogP contribution is 2.39. The molecule has 0 saturated carbocycles. The minimum atomic E-state index is -0.535. The molecule has 2 saturated heterocycles. The Kier molecular flexibility index (Phi) is 4.52. The second-order valence-electron chi connectivity index (χ2n) is 8.17. The average molecular weight is 344 g/mol. The van der Waals surface area contributed by atoms with Gasteiger partial charge in [-0.15, -0.1) is 0 Å². The molecule has 2 fully saturated rings. The van der Waals surface area contributed by atoms with Gasteiger partial charge in [-0.25, -0.2) is 4.79 Å². The number of amides is 2. The lowest BCUT2D eigenvalue weighted by Gasteiger charge is -2.45. The van der Waals surface area contributed by atoms with Crippen molar-refractivity contribution in [2.24, 2.45) is 0 Å². The summed E-state index contributed by atoms with van der Waals surface area (Å²) in [7, 11) is 0. The monoisotopic (exact) mass is 344 g/mol. The van der Waals surface area contributed by atoms with Crippen molar-refractivity contribution in [1.82, 2.24) is 9.80 Å². The molecule has 3 rings (SSSR count). The smallest absolute Gasteiger partial charge is 0.410 e. The molecule has 1 aromatic carbocycles. The van der Waals surface area contributed by atoms with Gasteiger partial charge >= 0.3 is 6.09 Å². The quantitative estimate of drug-likeness (QED) is 0.782. The molecule has 5 nitrogen and oxygen atoms in total. The number of aryl methyl sites for hydroxylation is 2. The third-order valence-corrected chi connectivity index (χ3v) is 5.03. The summed E-state index contributed by atoms with van der Waals surface area (Å²) in [6.07, 6.45) is 1.06. The number of benzene rings is 1. The topological polar surface area (TPSA) is 49.9 Å². The Morgan fingerprint density at radius 2 is 1.92 bits per heavy atom. The van der Waals surface area contributed by atoms with Crippen molar-refractivity contribution in [1.29, 1.82) is 0 Å². The molecule has 0 N–H and O–H groups in total. The van der Waals surface area contributed by atoms with Crippen LogP contribution in [0.25, 0.3) is 0 Å². The van der Waals surface area contributed by atoms with Gasteiger partial charge in [0.05, 0.1) is 12.1 Å². The zero-order valence-electron chi connectivity index (χ0n) is 15.8. The van der Waals surface area contributed by atoms with Crippen molar-refractivity contribution < 1.29 is 14.3 Å². The second kappa shape index (κ2) is 6.36. The zero-order chi connectivity index (χ0) is 18.4. The number of carbonyl (C=O) groups is 2. The number of piperazine rings is 1. The molecule has 136 valence electrons. The maximum Gasteiger partial charge on any atom is 0.410 e. The molecule has 0 aromatic heterocycles. The maximum atomic E-state index is 12.8. The Labute approximate surface area is 149 Å². The molecule has 1 aromatic rings. The molecule has 1 unspecified atom stereocenters. The summed E-state index contributed by atoms with van der Waals surface area (Å²) in [4.78, 5) is 28.8. The predicted molar refractivity (Wildman–Crippen MR) is 96.3 cm³/mol. The van der Waals surface area contributed by atoms with Gasteiger partial charge in [-0.3, -0.25) is 9.69 Å². The number of hydrogen-bond acceptors (Lipinski definition) is 3. The summed E-state index contributed by atoms with van der Waals surface area (Å²) in [5, 5.41) is 0. The fourth-order valence-electron chi connectivity index (χ4n) is 3.99. The van der Waals surface area contributed by atoms with Crippen molar-refractivity contribution in [3.63, 3.8) is 0 Å². The summed E-state index contributed by atoms with van der Waals surface area (Å²) < 4.78 is 5.65. The van der Waals surface area contributed by atoms with E-state index in [1.807, 2.05) is 30.6 Å². The second-order valence-corrected chi connectivity index (χ2v) is 8.17. The van der Waals surface area contributed by atoms with Gasteiger partial charge in [-0.05, 0) is 52.2 Å². The first-order valence-corrected chi connectivity index (χ1v) is 9.03. The van der Waals surface area contributed by atoms with Crippen LogP contribution in [0.15, 0.2) is 18.2 Å². The van der Waals surface area contributed by atoms with Crippen molar-refractivity contribution in [3.8, 4) is 0 Å². The van der Waals surface area contributed by atoms with E-state index in [2.05, 4.69) is 32.0 Å². The highest BCUT2D eigenvalue weighted by Gasteiger charge is 2.46. The number of hydrogen-bond donors (Lipinski definition) is 0. The van der Waals surface area contributed by atoms with Gasteiger partial charge in [0.25, 0.3) is 0 Å². The number of carbonyl (C=O) groups excluding carboxylic acids is 2. The lowest BCUT2D eigenvalue weighted by atomic mass is 9.90. The van der Waals surface area contributed by atoms with E-state index < -0.39 is 5.60 Å². The van der Waals surface area contributed by atoms with Crippen LogP contribution >= 0.6 is 0 Å². The first-order chi connectivity index (χ1) is 11.7. The molecular formula is C20H28N2O3. The van der Waals surface area contributed by atoms with E-state index in [1.54, 1.807) is 0 Å². The van der Waals surface area contributed by atoms with Crippen LogP contribution in [0.4, 0.5) is 4.79 Å². The Bertz CT molecular complexity index is 693. The van der Waals surface area contributed by atoms with Crippen LogP contribution in [0.1, 0.15) is 56.3 Å². The molecule has 2 atom stereocenters. The normalized spacial score (nSPS) is 23.6. The Hall–Kier alpha value is -2.04. The van der Waals surface area contributed by atoms with Crippen LogP contribution in [0.2, 0.25) is 0 Å². The van der Waals surface area contributed by atoms with Gasteiger partial charge in [-0.2, -0.15) is 0 Å². The third-order valence-electron chi connectivity index (χ3n) is 5.03.